The van der Waals surface area contributed by atoms with Crippen LogP contribution >= 0.6 is 0 Å². The number of hydrogen-bond acceptors (Lipinski definition) is 2. The highest BCUT2D eigenvalue weighted by atomic mass is 16.3. The largest absolute Gasteiger partial charge is 0.507 e. The lowest BCUT2D eigenvalue weighted by atomic mass is 10.1. The molecule has 0 aliphatic rings. The first-order valence-corrected chi connectivity index (χ1v) is 4.41. The van der Waals surface area contributed by atoms with Gasteiger partial charge in [-0.3, -0.25) is 4.79 Å². The van der Waals surface area contributed by atoms with Crippen LogP contribution in [0.15, 0.2) is 23.0 Å². The third-order valence-electron chi connectivity index (χ3n) is 2.44. The number of nitrogens with one attached hydrogen (secondary N) is 1. The van der Waals surface area contributed by atoms with Gasteiger partial charge in [0, 0.05) is 11.5 Å². The van der Waals surface area contributed by atoms with Crippen molar-refractivity contribution >= 4 is 10.9 Å². The van der Waals surface area contributed by atoms with Crippen molar-refractivity contribution < 1.29 is 5.11 Å². The van der Waals surface area contributed by atoms with Gasteiger partial charge in [0.1, 0.15) is 5.75 Å². The molecule has 1 heterocycles. The number of rotatable bonds is 0. The molecule has 1 aromatic carbocycles. The Balaban J connectivity index is 2.96. The molecule has 3 nitrogen and oxygen atoms in total. The predicted octanol–water partition coefficient (Wildman–Crippen LogP) is 1.85. The molecule has 0 atom stereocenters. The average molecular weight is 189 g/mol. The lowest BCUT2D eigenvalue weighted by Gasteiger charge is -2.04. The van der Waals surface area contributed by atoms with Crippen LogP contribution in [0.5, 0.6) is 5.75 Å². The lowest BCUT2D eigenvalue weighted by Crippen LogP contribution is -2.03. The van der Waals surface area contributed by atoms with E-state index in [-0.39, 0.29) is 11.3 Å². The third kappa shape index (κ3) is 1.27. The van der Waals surface area contributed by atoms with Crippen molar-refractivity contribution in [2.75, 3.05) is 0 Å². The van der Waals surface area contributed by atoms with Crippen LogP contribution in [0.3, 0.4) is 0 Å². The van der Waals surface area contributed by atoms with Gasteiger partial charge in [0.25, 0.3) is 5.56 Å². The maximum atomic E-state index is 11.1. The molecule has 2 rings (SSSR count). The SMILES string of the molecule is Cc1cc2[nH]c(=O)cc(O)c2cc1C. The summed E-state index contributed by atoms with van der Waals surface area (Å²) >= 11 is 0. The second kappa shape index (κ2) is 2.87. The lowest BCUT2D eigenvalue weighted by molar-refractivity contribution is 0.480. The van der Waals surface area contributed by atoms with Crippen molar-refractivity contribution in [1.82, 2.24) is 4.98 Å². The molecule has 0 unspecified atom stereocenters. The van der Waals surface area contributed by atoms with Gasteiger partial charge in [0.05, 0.1) is 5.52 Å². The Hall–Kier alpha value is -1.77. The van der Waals surface area contributed by atoms with Gasteiger partial charge in [-0.05, 0) is 37.1 Å². The first-order chi connectivity index (χ1) is 6.58. The molecule has 0 spiro atoms. The van der Waals surface area contributed by atoms with E-state index >= 15 is 0 Å². The molecule has 2 aromatic rings. The van der Waals surface area contributed by atoms with Crippen LogP contribution < -0.4 is 5.56 Å². The van der Waals surface area contributed by atoms with Crippen molar-refractivity contribution in [3.63, 3.8) is 0 Å². The number of fused-ring (bicyclic) bond motifs is 1. The zero-order chi connectivity index (χ0) is 10.3. The normalized spacial score (nSPS) is 10.7. The van der Waals surface area contributed by atoms with Gasteiger partial charge in [0.15, 0.2) is 0 Å². The van der Waals surface area contributed by atoms with E-state index in [1.807, 2.05) is 26.0 Å². The Morgan fingerprint density at radius 2 is 1.79 bits per heavy atom. The number of aromatic amines is 1. The molecule has 1 aromatic heterocycles. The van der Waals surface area contributed by atoms with Crippen molar-refractivity contribution in [3.8, 4) is 5.75 Å². The number of H-pyrrole nitrogens is 1. The van der Waals surface area contributed by atoms with Crippen molar-refractivity contribution in [1.29, 1.82) is 0 Å². The van der Waals surface area contributed by atoms with E-state index in [2.05, 4.69) is 4.98 Å². The molecular weight excluding hydrogens is 178 g/mol. The summed E-state index contributed by atoms with van der Waals surface area (Å²) in [6.07, 6.45) is 0. The first-order valence-electron chi connectivity index (χ1n) is 4.41. The van der Waals surface area contributed by atoms with Gasteiger partial charge in [-0.1, -0.05) is 0 Å². The van der Waals surface area contributed by atoms with E-state index in [0.717, 1.165) is 11.1 Å². The van der Waals surface area contributed by atoms with Crippen molar-refractivity contribution in [3.05, 3.63) is 39.7 Å². The first kappa shape index (κ1) is 8.81. The minimum Gasteiger partial charge on any atom is -0.507 e. The number of aryl methyl sites for hydroxylation is 2. The molecule has 14 heavy (non-hydrogen) atoms. The maximum absolute atomic E-state index is 11.1. The van der Waals surface area contributed by atoms with Crippen molar-refractivity contribution in [2.24, 2.45) is 0 Å². The maximum Gasteiger partial charge on any atom is 0.252 e. The van der Waals surface area contributed by atoms with Crippen LogP contribution in [0.1, 0.15) is 11.1 Å². The molecule has 0 fully saturated rings. The molecule has 0 saturated carbocycles. The molecule has 0 amide bonds. The zero-order valence-corrected chi connectivity index (χ0v) is 8.09. The summed E-state index contributed by atoms with van der Waals surface area (Å²) in [5.41, 5.74) is 2.59. The second-order valence-electron chi connectivity index (χ2n) is 3.50. The van der Waals surface area contributed by atoms with Gasteiger partial charge in [-0.25, -0.2) is 0 Å². The van der Waals surface area contributed by atoms with E-state index in [1.165, 1.54) is 6.07 Å². The summed E-state index contributed by atoms with van der Waals surface area (Å²) in [7, 11) is 0. The van der Waals surface area contributed by atoms with Crippen LogP contribution in [0.2, 0.25) is 0 Å². The highest BCUT2D eigenvalue weighted by molar-refractivity contribution is 5.85. The monoisotopic (exact) mass is 189 g/mol. The van der Waals surface area contributed by atoms with Gasteiger partial charge in [-0.15, -0.1) is 0 Å². The van der Waals surface area contributed by atoms with E-state index < -0.39 is 0 Å². The highest BCUT2D eigenvalue weighted by Gasteiger charge is 2.03. The summed E-state index contributed by atoms with van der Waals surface area (Å²) in [5.74, 6) is 0.0341. The topological polar surface area (TPSA) is 53.1 Å². The highest BCUT2D eigenvalue weighted by Crippen LogP contribution is 2.23. The third-order valence-corrected chi connectivity index (χ3v) is 2.44. The Morgan fingerprint density at radius 3 is 2.50 bits per heavy atom. The zero-order valence-electron chi connectivity index (χ0n) is 8.09. The Morgan fingerprint density at radius 1 is 1.14 bits per heavy atom. The minimum absolute atomic E-state index is 0.0341. The minimum atomic E-state index is -0.279. The van der Waals surface area contributed by atoms with Gasteiger partial charge in [0.2, 0.25) is 0 Å². The number of aromatic nitrogens is 1. The van der Waals surface area contributed by atoms with Crippen LogP contribution in [0.4, 0.5) is 0 Å². The fourth-order valence-electron chi connectivity index (χ4n) is 1.50. The predicted molar refractivity (Wildman–Crippen MR) is 55.7 cm³/mol. The molecular formula is C11H11NO2. The Kier molecular flexibility index (Phi) is 1.81. The summed E-state index contributed by atoms with van der Waals surface area (Å²) in [6, 6.07) is 4.93. The van der Waals surface area contributed by atoms with Gasteiger partial charge in [-0.2, -0.15) is 0 Å². The Bertz CT molecular complexity index is 555. The number of benzene rings is 1. The number of hydrogen-bond donors (Lipinski definition) is 2. The van der Waals surface area contributed by atoms with E-state index in [1.54, 1.807) is 0 Å². The van der Waals surface area contributed by atoms with Crippen molar-refractivity contribution in [2.45, 2.75) is 13.8 Å². The average Bonchev–Trinajstić information content (AvgIpc) is 2.08. The summed E-state index contributed by atoms with van der Waals surface area (Å²) in [6.45, 7) is 3.94. The van der Waals surface area contributed by atoms with Crippen LogP contribution in [-0.4, -0.2) is 10.1 Å². The molecule has 72 valence electrons. The van der Waals surface area contributed by atoms with Crippen LogP contribution in [0.25, 0.3) is 10.9 Å². The van der Waals surface area contributed by atoms with E-state index in [4.69, 9.17) is 0 Å². The number of pyridine rings is 1. The van der Waals surface area contributed by atoms with Crippen LogP contribution in [0, 0.1) is 13.8 Å². The molecule has 0 bridgehead atoms. The quantitative estimate of drug-likeness (QED) is 0.664. The van der Waals surface area contributed by atoms with E-state index in [9.17, 15) is 9.90 Å². The molecule has 0 aliphatic carbocycles. The molecule has 3 heteroatoms. The summed E-state index contributed by atoms with van der Waals surface area (Å²) in [5, 5.41) is 10.2. The van der Waals surface area contributed by atoms with Gasteiger partial charge >= 0.3 is 0 Å². The Labute approximate surface area is 81.0 Å². The number of aromatic hydroxyl groups is 1. The molecule has 2 N–H and O–H groups in total. The summed E-state index contributed by atoms with van der Waals surface area (Å²) in [4.78, 5) is 13.8. The molecule has 0 aliphatic heterocycles. The molecule has 0 radical (unpaired) electrons. The fourth-order valence-corrected chi connectivity index (χ4v) is 1.50. The smallest absolute Gasteiger partial charge is 0.252 e. The summed E-state index contributed by atoms with van der Waals surface area (Å²) < 4.78 is 0. The second-order valence-corrected chi connectivity index (χ2v) is 3.50. The van der Waals surface area contributed by atoms with Gasteiger partial charge < -0.3 is 10.1 Å². The fraction of sp³-hybridized carbons (Fsp3) is 0.182. The van der Waals surface area contributed by atoms with E-state index in [0.29, 0.717) is 10.9 Å². The molecule has 0 saturated heterocycles. The standard InChI is InChI=1S/C11H11NO2/c1-6-3-8-9(4-7(6)2)12-11(14)5-10(8)13/h3-5H,1-2H3,(H2,12,13,14). The van der Waals surface area contributed by atoms with Crippen LogP contribution in [-0.2, 0) is 0 Å².